The Labute approximate surface area is 129 Å². The SMILES string of the molecule is Cc1cc(NC(=O)C2NCc3[nH]ncc32)ccc1OC(C)C. The van der Waals surface area contributed by atoms with Gasteiger partial charge in [0, 0.05) is 17.8 Å². The van der Waals surface area contributed by atoms with Gasteiger partial charge in [-0.25, -0.2) is 0 Å². The lowest BCUT2D eigenvalue weighted by Crippen LogP contribution is -2.28. The largest absolute Gasteiger partial charge is 0.491 e. The number of H-pyrrole nitrogens is 1. The van der Waals surface area contributed by atoms with E-state index in [4.69, 9.17) is 4.74 Å². The molecule has 0 fully saturated rings. The third-order valence-electron chi connectivity index (χ3n) is 3.61. The van der Waals surface area contributed by atoms with Crippen LogP contribution in [0.4, 0.5) is 5.69 Å². The molecule has 0 bridgehead atoms. The molecule has 0 radical (unpaired) electrons. The molecule has 1 aromatic heterocycles. The Kier molecular flexibility index (Phi) is 3.85. The van der Waals surface area contributed by atoms with Crippen molar-refractivity contribution in [2.24, 2.45) is 0 Å². The molecule has 1 amide bonds. The number of rotatable bonds is 4. The van der Waals surface area contributed by atoms with Crippen molar-refractivity contribution in [2.75, 3.05) is 5.32 Å². The molecule has 0 saturated carbocycles. The number of anilines is 1. The summed E-state index contributed by atoms with van der Waals surface area (Å²) in [5, 5.41) is 13.0. The van der Waals surface area contributed by atoms with Crippen LogP contribution in [0.25, 0.3) is 0 Å². The fraction of sp³-hybridized carbons (Fsp3) is 0.375. The summed E-state index contributed by atoms with van der Waals surface area (Å²) in [6, 6.07) is 5.30. The average Bonchev–Trinajstić information content (AvgIpc) is 3.03. The molecule has 2 aromatic rings. The molecule has 3 rings (SSSR count). The second-order valence-electron chi connectivity index (χ2n) is 5.75. The topological polar surface area (TPSA) is 79.0 Å². The van der Waals surface area contributed by atoms with Crippen LogP contribution in [0.15, 0.2) is 24.4 Å². The molecule has 1 atom stereocenters. The van der Waals surface area contributed by atoms with Crippen molar-refractivity contribution in [1.82, 2.24) is 15.5 Å². The van der Waals surface area contributed by atoms with Gasteiger partial charge in [0.1, 0.15) is 11.8 Å². The molecule has 3 N–H and O–H groups in total. The number of aromatic amines is 1. The first-order chi connectivity index (χ1) is 10.5. The first kappa shape index (κ1) is 14.6. The maximum atomic E-state index is 12.4. The predicted octanol–water partition coefficient (Wildman–Crippen LogP) is 2.29. The quantitative estimate of drug-likeness (QED) is 0.809. The summed E-state index contributed by atoms with van der Waals surface area (Å²) < 4.78 is 5.70. The molecular formula is C16H20N4O2. The molecule has 1 unspecified atom stereocenters. The van der Waals surface area contributed by atoms with Gasteiger partial charge in [0.2, 0.25) is 5.91 Å². The average molecular weight is 300 g/mol. The molecule has 22 heavy (non-hydrogen) atoms. The molecule has 116 valence electrons. The second-order valence-corrected chi connectivity index (χ2v) is 5.75. The zero-order valence-corrected chi connectivity index (χ0v) is 12.9. The van der Waals surface area contributed by atoms with Crippen molar-refractivity contribution in [3.8, 4) is 5.75 Å². The molecule has 6 nitrogen and oxygen atoms in total. The number of aryl methyl sites for hydroxylation is 1. The molecular weight excluding hydrogens is 280 g/mol. The number of hydrogen-bond acceptors (Lipinski definition) is 4. The van der Waals surface area contributed by atoms with Gasteiger partial charge in [0.15, 0.2) is 0 Å². The number of hydrogen-bond donors (Lipinski definition) is 3. The molecule has 0 saturated heterocycles. The van der Waals surface area contributed by atoms with Crippen LogP contribution < -0.4 is 15.4 Å². The van der Waals surface area contributed by atoms with E-state index in [-0.39, 0.29) is 18.1 Å². The minimum absolute atomic E-state index is 0.0860. The Morgan fingerprint density at radius 3 is 3.00 bits per heavy atom. The molecule has 6 heteroatoms. The Morgan fingerprint density at radius 1 is 1.45 bits per heavy atom. The lowest BCUT2D eigenvalue weighted by molar-refractivity contribution is -0.118. The summed E-state index contributed by atoms with van der Waals surface area (Å²) >= 11 is 0. The van der Waals surface area contributed by atoms with E-state index < -0.39 is 0 Å². The summed E-state index contributed by atoms with van der Waals surface area (Å²) in [6.07, 6.45) is 1.83. The maximum absolute atomic E-state index is 12.4. The molecule has 1 aromatic carbocycles. The van der Waals surface area contributed by atoms with Crippen molar-refractivity contribution >= 4 is 11.6 Å². The van der Waals surface area contributed by atoms with E-state index in [1.54, 1.807) is 6.20 Å². The van der Waals surface area contributed by atoms with Gasteiger partial charge in [0.05, 0.1) is 18.0 Å². The zero-order valence-electron chi connectivity index (χ0n) is 12.9. The lowest BCUT2D eigenvalue weighted by atomic mass is 10.1. The second kappa shape index (κ2) is 5.81. The first-order valence-corrected chi connectivity index (χ1v) is 7.38. The summed E-state index contributed by atoms with van der Waals surface area (Å²) in [5.41, 5.74) is 3.64. The van der Waals surface area contributed by atoms with Crippen molar-refractivity contribution in [3.05, 3.63) is 41.2 Å². The van der Waals surface area contributed by atoms with E-state index in [1.165, 1.54) is 0 Å². The van der Waals surface area contributed by atoms with E-state index in [0.29, 0.717) is 6.54 Å². The number of carbonyl (C=O) groups is 1. The number of aromatic nitrogens is 2. The third-order valence-corrected chi connectivity index (χ3v) is 3.61. The monoisotopic (exact) mass is 300 g/mol. The van der Waals surface area contributed by atoms with Gasteiger partial charge >= 0.3 is 0 Å². The number of fused-ring (bicyclic) bond motifs is 1. The van der Waals surface area contributed by atoms with Crippen LogP contribution >= 0.6 is 0 Å². The molecule has 0 spiro atoms. The van der Waals surface area contributed by atoms with E-state index in [2.05, 4.69) is 20.8 Å². The summed E-state index contributed by atoms with van der Waals surface area (Å²) in [4.78, 5) is 12.4. The van der Waals surface area contributed by atoms with Crippen molar-refractivity contribution < 1.29 is 9.53 Å². The summed E-state index contributed by atoms with van der Waals surface area (Å²) in [7, 11) is 0. The Hall–Kier alpha value is -2.34. The Morgan fingerprint density at radius 2 is 2.27 bits per heavy atom. The minimum Gasteiger partial charge on any atom is -0.491 e. The van der Waals surface area contributed by atoms with E-state index in [9.17, 15) is 4.79 Å². The van der Waals surface area contributed by atoms with Gasteiger partial charge in [0.25, 0.3) is 0 Å². The van der Waals surface area contributed by atoms with Crippen LogP contribution in [0.2, 0.25) is 0 Å². The summed E-state index contributed by atoms with van der Waals surface area (Å²) in [5.74, 6) is 0.751. The van der Waals surface area contributed by atoms with E-state index in [0.717, 1.165) is 28.3 Å². The zero-order chi connectivity index (χ0) is 15.7. The van der Waals surface area contributed by atoms with Crippen LogP contribution in [0.3, 0.4) is 0 Å². The highest BCUT2D eigenvalue weighted by atomic mass is 16.5. The standard InChI is InChI=1S/C16H20N4O2/c1-9(2)22-14-5-4-11(6-10(14)3)19-16(21)15-12-7-18-20-13(12)8-17-15/h4-7,9,15,17H,8H2,1-3H3,(H,18,20)(H,19,21). The molecule has 1 aliphatic heterocycles. The fourth-order valence-corrected chi connectivity index (χ4v) is 2.59. The fourth-order valence-electron chi connectivity index (χ4n) is 2.59. The molecule has 0 aliphatic carbocycles. The number of nitrogens with one attached hydrogen (secondary N) is 3. The smallest absolute Gasteiger partial charge is 0.246 e. The highest BCUT2D eigenvalue weighted by Gasteiger charge is 2.29. The highest BCUT2D eigenvalue weighted by molar-refractivity contribution is 5.96. The first-order valence-electron chi connectivity index (χ1n) is 7.38. The molecule has 2 heterocycles. The van der Waals surface area contributed by atoms with Gasteiger partial charge in [-0.05, 0) is 44.5 Å². The van der Waals surface area contributed by atoms with Crippen molar-refractivity contribution in [3.63, 3.8) is 0 Å². The summed E-state index contributed by atoms with van der Waals surface area (Å²) in [6.45, 7) is 6.58. The van der Waals surface area contributed by atoms with Gasteiger partial charge in [-0.15, -0.1) is 0 Å². The lowest BCUT2D eigenvalue weighted by Gasteiger charge is -2.15. The minimum atomic E-state index is -0.361. The van der Waals surface area contributed by atoms with Crippen molar-refractivity contribution in [1.29, 1.82) is 0 Å². The number of ether oxygens (including phenoxy) is 1. The third kappa shape index (κ3) is 2.82. The van der Waals surface area contributed by atoms with Gasteiger partial charge in [-0.3, -0.25) is 15.2 Å². The predicted molar refractivity (Wildman–Crippen MR) is 83.7 cm³/mol. The highest BCUT2D eigenvalue weighted by Crippen LogP contribution is 2.26. The van der Waals surface area contributed by atoms with Gasteiger partial charge in [-0.2, -0.15) is 5.10 Å². The number of nitrogens with zero attached hydrogens (tertiary/aromatic N) is 1. The van der Waals surface area contributed by atoms with Crippen LogP contribution in [0.5, 0.6) is 5.75 Å². The number of benzene rings is 1. The van der Waals surface area contributed by atoms with Crippen LogP contribution in [-0.2, 0) is 11.3 Å². The normalized spacial score (nSPS) is 16.6. The van der Waals surface area contributed by atoms with Gasteiger partial charge < -0.3 is 10.1 Å². The van der Waals surface area contributed by atoms with E-state index >= 15 is 0 Å². The number of carbonyl (C=O) groups excluding carboxylic acids is 1. The Balaban J connectivity index is 1.71. The van der Waals surface area contributed by atoms with E-state index in [1.807, 2.05) is 39.0 Å². The van der Waals surface area contributed by atoms with Gasteiger partial charge in [-0.1, -0.05) is 0 Å². The number of amides is 1. The van der Waals surface area contributed by atoms with Crippen molar-refractivity contribution in [2.45, 2.75) is 39.5 Å². The molecule has 1 aliphatic rings. The maximum Gasteiger partial charge on any atom is 0.246 e. The van der Waals surface area contributed by atoms with Crippen LogP contribution in [-0.4, -0.2) is 22.2 Å². The Bertz CT molecular complexity index is 693. The van der Waals surface area contributed by atoms with Crippen LogP contribution in [0, 0.1) is 6.92 Å². The van der Waals surface area contributed by atoms with Crippen LogP contribution in [0.1, 0.15) is 36.7 Å².